The molecule has 0 spiro atoms. The van der Waals surface area contributed by atoms with Crippen LogP contribution in [-0.4, -0.2) is 18.1 Å². The summed E-state index contributed by atoms with van der Waals surface area (Å²) in [5.74, 6) is -0.0706. The van der Waals surface area contributed by atoms with Gasteiger partial charge in [-0.25, -0.2) is 14.2 Å². The number of rotatable bonds is 4. The molecule has 0 radical (unpaired) electrons. The minimum absolute atomic E-state index is 0.0691. The Bertz CT molecular complexity index is 652. The standard InChI is InChI=1S/C14H13BrFN3O2/c1-21-13-12(3-2-6-17-13)19-14(20)18-8-9-7-10(15)4-5-11(9)16/h2-7H,8H2,1H3,(H2,18,19,20). The maximum Gasteiger partial charge on any atom is 0.319 e. The first-order valence-corrected chi connectivity index (χ1v) is 6.87. The molecular formula is C14H13BrFN3O2. The van der Waals surface area contributed by atoms with Crippen LogP contribution in [0, 0.1) is 5.82 Å². The van der Waals surface area contributed by atoms with E-state index in [1.807, 2.05) is 0 Å². The van der Waals surface area contributed by atoms with E-state index in [9.17, 15) is 9.18 Å². The number of pyridine rings is 1. The molecule has 0 aliphatic heterocycles. The predicted molar refractivity (Wildman–Crippen MR) is 80.7 cm³/mol. The lowest BCUT2D eigenvalue weighted by atomic mass is 10.2. The number of methoxy groups -OCH3 is 1. The topological polar surface area (TPSA) is 63.2 Å². The summed E-state index contributed by atoms with van der Waals surface area (Å²) in [6.45, 7) is 0.0691. The summed E-state index contributed by atoms with van der Waals surface area (Å²) in [7, 11) is 1.46. The molecule has 7 heteroatoms. The number of nitrogens with zero attached hydrogens (tertiary/aromatic N) is 1. The van der Waals surface area contributed by atoms with Crippen molar-refractivity contribution >= 4 is 27.6 Å². The number of anilines is 1. The number of hydrogen-bond donors (Lipinski definition) is 2. The van der Waals surface area contributed by atoms with Gasteiger partial charge in [-0.3, -0.25) is 0 Å². The van der Waals surface area contributed by atoms with E-state index in [4.69, 9.17) is 4.74 Å². The second kappa shape index (κ2) is 7.03. The zero-order valence-electron chi connectivity index (χ0n) is 11.2. The van der Waals surface area contributed by atoms with Crippen molar-refractivity contribution in [2.75, 3.05) is 12.4 Å². The molecule has 2 N–H and O–H groups in total. The van der Waals surface area contributed by atoms with Gasteiger partial charge in [0.1, 0.15) is 11.5 Å². The molecule has 0 bridgehead atoms. The Kier molecular flexibility index (Phi) is 5.10. The average molecular weight is 354 g/mol. The fourth-order valence-corrected chi connectivity index (χ4v) is 2.08. The number of carbonyl (C=O) groups is 1. The number of nitrogens with one attached hydrogen (secondary N) is 2. The molecule has 0 unspecified atom stereocenters. The maximum atomic E-state index is 13.5. The molecule has 2 aromatic rings. The molecule has 0 aliphatic rings. The van der Waals surface area contributed by atoms with E-state index in [0.717, 1.165) is 4.47 Å². The Morgan fingerprint density at radius 1 is 1.43 bits per heavy atom. The van der Waals surface area contributed by atoms with Crippen LogP contribution in [-0.2, 0) is 6.54 Å². The van der Waals surface area contributed by atoms with Crippen LogP contribution in [0.5, 0.6) is 5.88 Å². The quantitative estimate of drug-likeness (QED) is 0.886. The van der Waals surface area contributed by atoms with E-state index >= 15 is 0 Å². The number of benzene rings is 1. The molecule has 110 valence electrons. The molecule has 0 saturated carbocycles. The van der Waals surface area contributed by atoms with Gasteiger partial charge in [0.25, 0.3) is 0 Å². The second-order valence-corrected chi connectivity index (χ2v) is 5.02. The molecule has 0 atom stereocenters. The lowest BCUT2D eigenvalue weighted by Gasteiger charge is -2.10. The van der Waals surface area contributed by atoms with Crippen molar-refractivity contribution in [2.45, 2.75) is 6.54 Å². The third kappa shape index (κ3) is 4.16. The molecule has 0 saturated heterocycles. The third-order valence-corrected chi connectivity index (χ3v) is 3.15. The van der Waals surface area contributed by atoms with Crippen molar-refractivity contribution < 1.29 is 13.9 Å². The molecule has 2 amide bonds. The first-order valence-electron chi connectivity index (χ1n) is 6.08. The molecule has 0 aliphatic carbocycles. The number of aromatic nitrogens is 1. The van der Waals surface area contributed by atoms with Crippen LogP contribution >= 0.6 is 15.9 Å². The highest BCUT2D eigenvalue weighted by Gasteiger charge is 2.09. The van der Waals surface area contributed by atoms with Gasteiger partial charge in [0, 0.05) is 22.8 Å². The van der Waals surface area contributed by atoms with Crippen LogP contribution in [0.15, 0.2) is 41.0 Å². The summed E-state index contributed by atoms with van der Waals surface area (Å²) < 4.78 is 19.3. The van der Waals surface area contributed by atoms with Crippen molar-refractivity contribution in [1.82, 2.24) is 10.3 Å². The summed E-state index contributed by atoms with van der Waals surface area (Å²) in [5, 5.41) is 5.17. The Morgan fingerprint density at radius 3 is 3.00 bits per heavy atom. The van der Waals surface area contributed by atoms with E-state index in [1.165, 1.54) is 13.2 Å². The van der Waals surface area contributed by atoms with E-state index in [0.29, 0.717) is 17.1 Å². The minimum atomic E-state index is -0.472. The Balaban J connectivity index is 1.97. The van der Waals surface area contributed by atoms with Gasteiger partial charge < -0.3 is 15.4 Å². The van der Waals surface area contributed by atoms with Crippen LogP contribution in [0.1, 0.15) is 5.56 Å². The summed E-state index contributed by atoms with van der Waals surface area (Å²) >= 11 is 3.26. The van der Waals surface area contributed by atoms with Crippen molar-refractivity contribution in [1.29, 1.82) is 0 Å². The Morgan fingerprint density at radius 2 is 2.24 bits per heavy atom. The SMILES string of the molecule is COc1ncccc1NC(=O)NCc1cc(Br)ccc1F. The van der Waals surface area contributed by atoms with Crippen LogP contribution in [0.25, 0.3) is 0 Å². The van der Waals surface area contributed by atoms with Crippen LogP contribution in [0.3, 0.4) is 0 Å². The molecule has 1 aromatic heterocycles. The molecule has 5 nitrogen and oxygen atoms in total. The van der Waals surface area contributed by atoms with Crippen LogP contribution in [0.4, 0.5) is 14.9 Å². The van der Waals surface area contributed by atoms with E-state index < -0.39 is 6.03 Å². The highest BCUT2D eigenvalue weighted by atomic mass is 79.9. The summed E-state index contributed by atoms with van der Waals surface area (Å²) in [6.07, 6.45) is 1.55. The lowest BCUT2D eigenvalue weighted by molar-refractivity contribution is 0.251. The minimum Gasteiger partial charge on any atom is -0.480 e. The molecular weight excluding hydrogens is 341 g/mol. The van der Waals surface area contributed by atoms with Gasteiger partial charge in [-0.1, -0.05) is 15.9 Å². The first kappa shape index (κ1) is 15.2. The molecule has 1 aromatic carbocycles. The molecule has 2 rings (SSSR count). The van der Waals surface area contributed by atoms with Gasteiger partial charge in [0.15, 0.2) is 0 Å². The van der Waals surface area contributed by atoms with Gasteiger partial charge in [0.2, 0.25) is 5.88 Å². The van der Waals surface area contributed by atoms with Crippen LogP contribution in [0.2, 0.25) is 0 Å². The first-order chi connectivity index (χ1) is 10.1. The van der Waals surface area contributed by atoms with E-state index in [2.05, 4.69) is 31.5 Å². The van der Waals surface area contributed by atoms with Crippen molar-refractivity contribution in [3.63, 3.8) is 0 Å². The number of urea groups is 1. The van der Waals surface area contributed by atoms with Crippen molar-refractivity contribution in [3.8, 4) is 5.88 Å². The second-order valence-electron chi connectivity index (χ2n) is 4.10. The Hall–Kier alpha value is -2.15. The normalized spacial score (nSPS) is 10.0. The fraction of sp³-hybridized carbons (Fsp3) is 0.143. The largest absolute Gasteiger partial charge is 0.480 e. The number of halogens is 2. The maximum absolute atomic E-state index is 13.5. The van der Waals surface area contributed by atoms with Crippen LogP contribution < -0.4 is 15.4 Å². The number of hydrogen-bond acceptors (Lipinski definition) is 3. The number of carbonyl (C=O) groups excluding carboxylic acids is 1. The molecule has 21 heavy (non-hydrogen) atoms. The predicted octanol–water partition coefficient (Wildman–Crippen LogP) is 3.31. The van der Waals surface area contributed by atoms with Gasteiger partial charge in [-0.05, 0) is 30.3 Å². The third-order valence-electron chi connectivity index (χ3n) is 2.66. The summed E-state index contributed by atoms with van der Waals surface area (Å²) in [4.78, 5) is 15.8. The van der Waals surface area contributed by atoms with E-state index in [1.54, 1.807) is 30.5 Å². The smallest absolute Gasteiger partial charge is 0.319 e. The van der Waals surface area contributed by atoms with Crippen molar-refractivity contribution in [3.05, 3.63) is 52.4 Å². The van der Waals surface area contributed by atoms with Gasteiger partial charge in [0.05, 0.1) is 7.11 Å². The molecule has 0 fully saturated rings. The van der Waals surface area contributed by atoms with Gasteiger partial charge in [-0.15, -0.1) is 0 Å². The highest BCUT2D eigenvalue weighted by Crippen LogP contribution is 2.19. The summed E-state index contributed by atoms with van der Waals surface area (Å²) in [6, 6.07) is 7.40. The zero-order valence-corrected chi connectivity index (χ0v) is 12.8. The van der Waals surface area contributed by atoms with Gasteiger partial charge >= 0.3 is 6.03 Å². The van der Waals surface area contributed by atoms with E-state index in [-0.39, 0.29) is 12.4 Å². The number of amides is 2. The van der Waals surface area contributed by atoms with Crippen molar-refractivity contribution in [2.24, 2.45) is 0 Å². The summed E-state index contributed by atoms with van der Waals surface area (Å²) in [5.41, 5.74) is 0.824. The fourth-order valence-electron chi connectivity index (χ4n) is 1.67. The van der Waals surface area contributed by atoms with Gasteiger partial charge in [-0.2, -0.15) is 0 Å². The number of ether oxygens (including phenoxy) is 1. The average Bonchev–Trinajstić information content (AvgIpc) is 2.49. The monoisotopic (exact) mass is 353 g/mol. The lowest BCUT2D eigenvalue weighted by Crippen LogP contribution is -2.28. The zero-order chi connectivity index (χ0) is 15.2. The Labute approximate surface area is 129 Å². The molecule has 1 heterocycles. The highest BCUT2D eigenvalue weighted by molar-refractivity contribution is 9.10.